The minimum absolute atomic E-state index is 0.0596. The lowest BCUT2D eigenvalue weighted by molar-refractivity contribution is -0.118. The number of aromatic nitrogens is 2. The molecular formula is C24H23N3O3. The summed E-state index contributed by atoms with van der Waals surface area (Å²) in [6, 6.07) is 16.1. The fourth-order valence-electron chi connectivity index (χ4n) is 4.65. The van der Waals surface area contributed by atoms with Crippen LogP contribution in [0.25, 0.3) is 5.69 Å². The Kier molecular flexibility index (Phi) is 4.00. The van der Waals surface area contributed by atoms with Gasteiger partial charge in [0.2, 0.25) is 0 Å². The highest BCUT2D eigenvalue weighted by Gasteiger charge is 2.42. The number of phenols is 1. The zero-order valence-corrected chi connectivity index (χ0v) is 16.9. The molecule has 1 aliphatic carbocycles. The lowest BCUT2D eigenvalue weighted by atomic mass is 9.69. The molecule has 0 saturated carbocycles. The van der Waals surface area contributed by atoms with Gasteiger partial charge in [-0.05, 0) is 41.7 Å². The molecule has 0 radical (unpaired) electrons. The van der Waals surface area contributed by atoms with Gasteiger partial charge < -0.3 is 10.4 Å². The molecule has 6 nitrogen and oxygen atoms in total. The number of nitrogens with zero attached hydrogens (tertiary/aromatic N) is 1. The Morgan fingerprint density at radius 3 is 2.40 bits per heavy atom. The maximum Gasteiger partial charge on any atom is 0.277 e. The molecule has 1 aliphatic heterocycles. The number of aromatic hydroxyl groups is 1. The predicted octanol–water partition coefficient (Wildman–Crippen LogP) is 4.07. The Balaban J connectivity index is 1.74. The highest BCUT2D eigenvalue weighted by Crippen LogP contribution is 2.47. The summed E-state index contributed by atoms with van der Waals surface area (Å²) in [5.41, 5.74) is 3.25. The molecular weight excluding hydrogens is 378 g/mol. The molecule has 2 heterocycles. The second-order valence-electron chi connectivity index (χ2n) is 8.86. The molecule has 6 heteroatoms. The van der Waals surface area contributed by atoms with Crippen molar-refractivity contribution in [3.63, 3.8) is 0 Å². The van der Waals surface area contributed by atoms with E-state index in [1.807, 2.05) is 30.3 Å². The van der Waals surface area contributed by atoms with Crippen molar-refractivity contribution in [1.29, 1.82) is 0 Å². The van der Waals surface area contributed by atoms with Gasteiger partial charge in [-0.3, -0.25) is 14.7 Å². The van der Waals surface area contributed by atoms with Crippen molar-refractivity contribution in [2.75, 3.05) is 5.32 Å². The lowest BCUT2D eigenvalue weighted by Gasteiger charge is -2.37. The van der Waals surface area contributed by atoms with E-state index in [9.17, 15) is 14.7 Å². The van der Waals surface area contributed by atoms with E-state index in [0.717, 1.165) is 23.4 Å². The molecule has 0 saturated heterocycles. The van der Waals surface area contributed by atoms with E-state index in [2.05, 4.69) is 24.3 Å². The number of carbonyl (C=O) groups is 1. The Morgan fingerprint density at radius 1 is 1.00 bits per heavy atom. The second kappa shape index (κ2) is 6.49. The number of para-hydroxylation sites is 1. The number of Topliss-reactive ketones (excluding diaryl/α,β-unsaturated/α-hetero) is 1. The third-order valence-electron chi connectivity index (χ3n) is 5.94. The van der Waals surface area contributed by atoms with Crippen LogP contribution in [0, 0.1) is 5.41 Å². The number of H-pyrrole nitrogens is 1. The average molecular weight is 401 g/mol. The Morgan fingerprint density at radius 2 is 1.70 bits per heavy atom. The van der Waals surface area contributed by atoms with E-state index in [4.69, 9.17) is 0 Å². The topological polar surface area (TPSA) is 87.1 Å². The number of ketones is 1. The minimum atomic E-state index is -0.478. The zero-order chi connectivity index (χ0) is 21.0. The number of aromatic amines is 1. The van der Waals surface area contributed by atoms with E-state index in [1.54, 1.807) is 24.3 Å². The first-order valence-corrected chi connectivity index (χ1v) is 10.1. The molecule has 0 bridgehead atoms. The predicted molar refractivity (Wildman–Crippen MR) is 115 cm³/mol. The summed E-state index contributed by atoms with van der Waals surface area (Å²) in [6.45, 7) is 4.17. The number of allylic oxidation sites excluding steroid dienone is 2. The van der Waals surface area contributed by atoms with Gasteiger partial charge in [-0.2, -0.15) is 0 Å². The first kappa shape index (κ1) is 18.5. The van der Waals surface area contributed by atoms with E-state index in [-0.39, 0.29) is 22.5 Å². The van der Waals surface area contributed by atoms with Crippen molar-refractivity contribution in [2.24, 2.45) is 5.41 Å². The average Bonchev–Trinajstić information content (AvgIpc) is 3.03. The molecule has 0 spiro atoms. The van der Waals surface area contributed by atoms with Gasteiger partial charge in [0.1, 0.15) is 11.6 Å². The van der Waals surface area contributed by atoms with E-state index in [0.29, 0.717) is 23.4 Å². The quantitative estimate of drug-likeness (QED) is 0.604. The molecule has 1 atom stereocenters. The summed E-state index contributed by atoms with van der Waals surface area (Å²) in [5, 5.41) is 16.3. The summed E-state index contributed by atoms with van der Waals surface area (Å²) < 4.78 is 1.51. The highest BCUT2D eigenvalue weighted by atomic mass is 16.3. The number of carbonyl (C=O) groups excluding carboxylic acids is 1. The molecule has 5 rings (SSSR count). The van der Waals surface area contributed by atoms with Crippen molar-refractivity contribution in [1.82, 2.24) is 9.78 Å². The van der Waals surface area contributed by atoms with Crippen LogP contribution >= 0.6 is 0 Å². The van der Waals surface area contributed by atoms with Crippen LogP contribution in [0.4, 0.5) is 5.82 Å². The Hall–Kier alpha value is -3.54. The van der Waals surface area contributed by atoms with Gasteiger partial charge in [-0.1, -0.05) is 44.2 Å². The molecule has 2 aliphatic rings. The van der Waals surface area contributed by atoms with Gasteiger partial charge in [0.05, 0.1) is 11.3 Å². The molecule has 152 valence electrons. The van der Waals surface area contributed by atoms with Gasteiger partial charge in [-0.25, -0.2) is 4.68 Å². The smallest absolute Gasteiger partial charge is 0.277 e. The molecule has 1 unspecified atom stereocenters. The monoisotopic (exact) mass is 401 g/mol. The van der Waals surface area contributed by atoms with Crippen molar-refractivity contribution in [3.05, 3.63) is 87.3 Å². The lowest BCUT2D eigenvalue weighted by Crippen LogP contribution is -2.35. The summed E-state index contributed by atoms with van der Waals surface area (Å²) in [7, 11) is 0. The summed E-state index contributed by atoms with van der Waals surface area (Å²) in [5.74, 6) is 0.346. The van der Waals surface area contributed by atoms with Crippen LogP contribution < -0.4 is 10.9 Å². The first-order valence-electron chi connectivity index (χ1n) is 10.1. The molecule has 2 aromatic carbocycles. The number of benzene rings is 2. The third-order valence-corrected chi connectivity index (χ3v) is 5.94. The number of phenolic OH excluding ortho intramolecular Hbond substituents is 1. The zero-order valence-electron chi connectivity index (χ0n) is 16.9. The summed E-state index contributed by atoms with van der Waals surface area (Å²) in [4.78, 5) is 26.7. The number of hydrogen-bond acceptors (Lipinski definition) is 4. The van der Waals surface area contributed by atoms with E-state index < -0.39 is 5.92 Å². The number of rotatable bonds is 2. The van der Waals surface area contributed by atoms with Gasteiger partial charge in [0.25, 0.3) is 5.56 Å². The fraction of sp³-hybridized carbons (Fsp3) is 0.250. The van der Waals surface area contributed by atoms with Crippen LogP contribution in [-0.4, -0.2) is 20.7 Å². The summed E-state index contributed by atoms with van der Waals surface area (Å²) >= 11 is 0. The van der Waals surface area contributed by atoms with E-state index in [1.165, 1.54) is 4.68 Å². The maximum absolute atomic E-state index is 13.5. The van der Waals surface area contributed by atoms with Crippen LogP contribution in [0.1, 0.15) is 43.7 Å². The van der Waals surface area contributed by atoms with Crippen molar-refractivity contribution >= 4 is 11.6 Å². The number of hydrogen-bond donors (Lipinski definition) is 3. The third kappa shape index (κ3) is 2.87. The van der Waals surface area contributed by atoms with Crippen molar-refractivity contribution in [2.45, 2.75) is 32.6 Å². The SMILES string of the molecule is CC1(C)CC(=O)C2=C(C1)Nc1[nH]n(-c3ccccc3)c(=O)c1C2c1ccc(O)cc1. The first-order chi connectivity index (χ1) is 14.3. The molecule has 3 aromatic rings. The Labute approximate surface area is 173 Å². The normalized spacial score (nSPS) is 19.8. The van der Waals surface area contributed by atoms with Gasteiger partial charge in [-0.15, -0.1) is 0 Å². The van der Waals surface area contributed by atoms with Crippen LogP contribution in [0.2, 0.25) is 0 Å². The van der Waals surface area contributed by atoms with Gasteiger partial charge in [0, 0.05) is 23.6 Å². The number of fused-ring (bicyclic) bond motifs is 1. The minimum Gasteiger partial charge on any atom is -0.508 e. The summed E-state index contributed by atoms with van der Waals surface area (Å²) in [6.07, 6.45) is 1.16. The van der Waals surface area contributed by atoms with Crippen LogP contribution in [0.5, 0.6) is 5.75 Å². The molecule has 3 N–H and O–H groups in total. The van der Waals surface area contributed by atoms with Crippen molar-refractivity contribution in [3.8, 4) is 11.4 Å². The molecule has 0 amide bonds. The van der Waals surface area contributed by atoms with Crippen LogP contribution in [0.3, 0.4) is 0 Å². The maximum atomic E-state index is 13.5. The fourth-order valence-corrected chi connectivity index (χ4v) is 4.65. The van der Waals surface area contributed by atoms with Gasteiger partial charge >= 0.3 is 0 Å². The van der Waals surface area contributed by atoms with Crippen molar-refractivity contribution < 1.29 is 9.90 Å². The largest absolute Gasteiger partial charge is 0.508 e. The van der Waals surface area contributed by atoms with Crippen LogP contribution in [0.15, 0.2) is 70.7 Å². The van der Waals surface area contributed by atoms with E-state index >= 15 is 0 Å². The second-order valence-corrected chi connectivity index (χ2v) is 8.86. The van der Waals surface area contributed by atoms with Crippen LogP contribution in [-0.2, 0) is 4.79 Å². The molecule has 30 heavy (non-hydrogen) atoms. The molecule has 1 aromatic heterocycles. The standard InChI is InChI=1S/C24H23N3O3/c1-24(2)12-17-20(18(29)13-24)19(14-8-10-16(28)11-9-14)21-22(25-17)26-27(23(21)30)15-6-4-3-5-7-15/h3-11,19,25-26,28H,12-13H2,1-2H3. The highest BCUT2D eigenvalue weighted by molar-refractivity contribution is 6.01. The Bertz CT molecular complexity index is 1230. The molecule has 0 fully saturated rings. The van der Waals surface area contributed by atoms with Gasteiger partial charge in [0.15, 0.2) is 5.78 Å². The number of anilines is 1. The number of nitrogens with one attached hydrogen (secondary N) is 2.